The Morgan fingerprint density at radius 1 is 1.12 bits per heavy atom. The molecule has 1 aromatic rings. The predicted octanol–water partition coefficient (Wildman–Crippen LogP) is 3.83. The van der Waals surface area contributed by atoms with Crippen LogP contribution in [0, 0.1) is 5.92 Å². The normalized spacial score (nSPS) is 11.2. The van der Waals surface area contributed by atoms with Gasteiger partial charge in [-0.05, 0) is 38.3 Å². The number of hydrogen-bond donors (Lipinski definition) is 0. The van der Waals surface area contributed by atoms with Gasteiger partial charge in [-0.25, -0.2) is 0 Å². The van der Waals surface area contributed by atoms with Crippen molar-refractivity contribution in [3.63, 3.8) is 0 Å². The first-order valence-corrected chi connectivity index (χ1v) is 9.93. The van der Waals surface area contributed by atoms with Crippen molar-refractivity contribution < 1.29 is 9.59 Å². The van der Waals surface area contributed by atoms with Gasteiger partial charge in [-0.3, -0.25) is 9.59 Å². The molecule has 0 N–H and O–H groups in total. The number of aromatic nitrogens is 1. The molecule has 5 heteroatoms. The van der Waals surface area contributed by atoms with Gasteiger partial charge in [0, 0.05) is 37.9 Å². The average molecular weight is 364 g/mol. The quantitative estimate of drug-likeness (QED) is 0.561. The first-order chi connectivity index (χ1) is 12.3. The van der Waals surface area contributed by atoms with Crippen molar-refractivity contribution in [2.75, 3.05) is 13.1 Å². The number of rotatable bonds is 11. The van der Waals surface area contributed by atoms with Gasteiger partial charge in [0.2, 0.25) is 11.8 Å². The maximum absolute atomic E-state index is 13.0. The van der Waals surface area contributed by atoms with Crippen molar-refractivity contribution in [3.05, 3.63) is 24.0 Å². The molecular formula is C21H37N3O2. The second kappa shape index (κ2) is 11.0. The van der Waals surface area contributed by atoms with Crippen molar-refractivity contribution in [2.24, 2.45) is 13.0 Å². The number of nitrogens with zero attached hydrogens (tertiary/aromatic N) is 3. The molecule has 0 saturated heterocycles. The maximum atomic E-state index is 13.0. The maximum Gasteiger partial charge on any atom is 0.242 e. The molecule has 148 valence electrons. The van der Waals surface area contributed by atoms with Gasteiger partial charge < -0.3 is 14.4 Å². The average Bonchev–Trinajstić information content (AvgIpc) is 2.96. The summed E-state index contributed by atoms with van der Waals surface area (Å²) in [4.78, 5) is 29.2. The van der Waals surface area contributed by atoms with Crippen LogP contribution < -0.4 is 0 Å². The van der Waals surface area contributed by atoms with E-state index < -0.39 is 0 Å². The summed E-state index contributed by atoms with van der Waals surface area (Å²) in [6.45, 7) is 11.8. The fourth-order valence-electron chi connectivity index (χ4n) is 3.03. The summed E-state index contributed by atoms with van der Waals surface area (Å²) in [7, 11) is 1.99. The summed E-state index contributed by atoms with van der Waals surface area (Å²) in [6, 6.07) is 4.06. The molecule has 0 unspecified atom stereocenters. The van der Waals surface area contributed by atoms with Crippen LogP contribution in [0.25, 0.3) is 0 Å². The van der Waals surface area contributed by atoms with E-state index in [1.54, 1.807) is 4.90 Å². The Morgan fingerprint density at radius 3 is 2.31 bits per heavy atom. The summed E-state index contributed by atoms with van der Waals surface area (Å²) in [5.74, 6) is 0.495. The summed E-state index contributed by atoms with van der Waals surface area (Å²) < 4.78 is 2.04. The molecule has 0 saturated carbocycles. The second-order valence-electron chi connectivity index (χ2n) is 7.85. The fraction of sp³-hybridized carbons (Fsp3) is 0.714. The van der Waals surface area contributed by atoms with Crippen LogP contribution in [-0.4, -0.2) is 45.3 Å². The highest BCUT2D eigenvalue weighted by atomic mass is 16.2. The molecule has 0 spiro atoms. The molecule has 0 fully saturated rings. The third-order valence-corrected chi connectivity index (χ3v) is 4.59. The molecule has 1 aromatic heterocycles. The van der Waals surface area contributed by atoms with Crippen molar-refractivity contribution in [3.8, 4) is 0 Å². The van der Waals surface area contributed by atoms with Crippen LogP contribution in [0.4, 0.5) is 0 Å². The molecule has 0 atom stereocenters. The molecule has 5 nitrogen and oxygen atoms in total. The molecule has 0 aliphatic heterocycles. The molecule has 0 aliphatic rings. The molecule has 0 aliphatic carbocycles. The van der Waals surface area contributed by atoms with Gasteiger partial charge in [0.05, 0.1) is 13.1 Å². The molecular weight excluding hydrogens is 326 g/mol. The lowest BCUT2D eigenvalue weighted by atomic mass is 10.1. The van der Waals surface area contributed by atoms with Gasteiger partial charge in [0.1, 0.15) is 0 Å². The minimum absolute atomic E-state index is 0.0254. The van der Waals surface area contributed by atoms with Gasteiger partial charge in [0.25, 0.3) is 0 Å². The number of carbonyl (C=O) groups excluding carboxylic acids is 2. The van der Waals surface area contributed by atoms with Crippen LogP contribution in [0.5, 0.6) is 0 Å². The first-order valence-electron chi connectivity index (χ1n) is 9.93. The standard InChI is InChI=1S/C21H37N3O2/c1-7-8-9-12-20(25)24(18(4)5)16-21(26)23(14-17(2)3)15-19-11-10-13-22(19)6/h10-11,13,17-18H,7-9,12,14-16H2,1-6H3. The van der Waals surface area contributed by atoms with Crippen LogP contribution >= 0.6 is 0 Å². The van der Waals surface area contributed by atoms with E-state index in [-0.39, 0.29) is 24.4 Å². The Labute approximate surface area is 159 Å². The van der Waals surface area contributed by atoms with E-state index in [9.17, 15) is 9.59 Å². The third-order valence-electron chi connectivity index (χ3n) is 4.59. The van der Waals surface area contributed by atoms with Crippen LogP contribution in [0.15, 0.2) is 18.3 Å². The van der Waals surface area contributed by atoms with E-state index in [1.807, 2.05) is 48.7 Å². The minimum Gasteiger partial charge on any atom is -0.353 e. The number of carbonyl (C=O) groups is 2. The molecule has 0 radical (unpaired) electrons. The van der Waals surface area contributed by atoms with E-state index in [0.717, 1.165) is 25.0 Å². The lowest BCUT2D eigenvalue weighted by Crippen LogP contribution is -2.46. The number of unbranched alkanes of at least 4 members (excludes halogenated alkanes) is 2. The van der Waals surface area contributed by atoms with Crippen molar-refractivity contribution in [2.45, 2.75) is 72.9 Å². The van der Waals surface area contributed by atoms with Gasteiger partial charge in [0.15, 0.2) is 0 Å². The Bertz CT molecular complexity index is 563. The van der Waals surface area contributed by atoms with Crippen LogP contribution in [0.3, 0.4) is 0 Å². The molecule has 0 bridgehead atoms. The van der Waals surface area contributed by atoms with Gasteiger partial charge >= 0.3 is 0 Å². The summed E-state index contributed by atoms with van der Waals surface area (Å²) in [5, 5.41) is 0. The minimum atomic E-state index is 0.0254. The van der Waals surface area contributed by atoms with Crippen LogP contribution in [0.1, 0.15) is 66.0 Å². The topological polar surface area (TPSA) is 45.6 Å². The molecule has 26 heavy (non-hydrogen) atoms. The van der Waals surface area contributed by atoms with E-state index >= 15 is 0 Å². The Morgan fingerprint density at radius 2 is 1.81 bits per heavy atom. The molecule has 2 amide bonds. The summed E-state index contributed by atoms with van der Waals surface area (Å²) >= 11 is 0. The van der Waals surface area contributed by atoms with Gasteiger partial charge in [-0.1, -0.05) is 33.6 Å². The number of aryl methyl sites for hydroxylation is 1. The third kappa shape index (κ3) is 7.22. The van der Waals surface area contributed by atoms with Crippen LogP contribution in [-0.2, 0) is 23.2 Å². The molecule has 0 aromatic carbocycles. The van der Waals surface area contributed by atoms with Crippen molar-refractivity contribution in [1.29, 1.82) is 0 Å². The summed E-state index contributed by atoms with van der Waals surface area (Å²) in [5.41, 5.74) is 1.10. The second-order valence-corrected chi connectivity index (χ2v) is 7.85. The largest absolute Gasteiger partial charge is 0.353 e. The lowest BCUT2D eigenvalue weighted by Gasteiger charge is -2.31. The summed E-state index contributed by atoms with van der Waals surface area (Å²) in [6.07, 6.45) is 5.56. The molecule has 1 heterocycles. The monoisotopic (exact) mass is 363 g/mol. The molecule has 1 rings (SSSR count). The van der Waals surface area contributed by atoms with E-state index in [0.29, 0.717) is 25.4 Å². The SMILES string of the molecule is CCCCCC(=O)N(CC(=O)N(Cc1cccn1C)CC(C)C)C(C)C. The number of hydrogen-bond acceptors (Lipinski definition) is 2. The highest BCUT2D eigenvalue weighted by Crippen LogP contribution is 2.12. The van der Waals surface area contributed by atoms with E-state index in [2.05, 4.69) is 20.8 Å². The first kappa shape index (κ1) is 22.3. The van der Waals surface area contributed by atoms with E-state index in [1.165, 1.54) is 0 Å². The zero-order valence-corrected chi connectivity index (χ0v) is 17.5. The highest BCUT2D eigenvalue weighted by Gasteiger charge is 2.24. The van der Waals surface area contributed by atoms with Gasteiger partial charge in [-0.2, -0.15) is 0 Å². The van der Waals surface area contributed by atoms with Crippen LogP contribution in [0.2, 0.25) is 0 Å². The number of amides is 2. The van der Waals surface area contributed by atoms with Gasteiger partial charge in [-0.15, -0.1) is 0 Å². The Kier molecular flexibility index (Phi) is 9.46. The van der Waals surface area contributed by atoms with Crippen molar-refractivity contribution in [1.82, 2.24) is 14.4 Å². The Balaban J connectivity index is 2.80. The zero-order chi connectivity index (χ0) is 19.7. The predicted molar refractivity (Wildman–Crippen MR) is 107 cm³/mol. The Hall–Kier alpha value is -1.78. The van der Waals surface area contributed by atoms with Crippen molar-refractivity contribution >= 4 is 11.8 Å². The fourth-order valence-corrected chi connectivity index (χ4v) is 3.03. The smallest absolute Gasteiger partial charge is 0.242 e. The lowest BCUT2D eigenvalue weighted by molar-refractivity contribution is -0.142. The zero-order valence-electron chi connectivity index (χ0n) is 17.5. The highest BCUT2D eigenvalue weighted by molar-refractivity contribution is 5.85. The van der Waals surface area contributed by atoms with E-state index in [4.69, 9.17) is 0 Å².